The standard InChI is InChI=1S/C12H10Br2N2O2S2/c13-7-3-8(19-6-7)4-15-11(17)5-16-12(18)9-1-2-10(14)20-9/h1-3,6H,4-5H2,(H,15,17)(H,16,18). The Labute approximate surface area is 140 Å². The molecule has 0 atom stereocenters. The Kier molecular flexibility index (Phi) is 5.76. The molecule has 0 fully saturated rings. The Morgan fingerprint density at radius 3 is 2.60 bits per heavy atom. The van der Waals surface area contributed by atoms with Gasteiger partial charge >= 0.3 is 0 Å². The molecule has 2 amide bonds. The molecule has 0 aromatic carbocycles. The van der Waals surface area contributed by atoms with Crippen LogP contribution in [-0.4, -0.2) is 18.4 Å². The summed E-state index contributed by atoms with van der Waals surface area (Å²) in [4.78, 5) is 25.0. The quantitative estimate of drug-likeness (QED) is 0.753. The Balaban J connectivity index is 1.73. The summed E-state index contributed by atoms with van der Waals surface area (Å²) in [6, 6.07) is 5.46. The molecule has 20 heavy (non-hydrogen) atoms. The molecule has 8 heteroatoms. The van der Waals surface area contributed by atoms with E-state index >= 15 is 0 Å². The van der Waals surface area contributed by atoms with Gasteiger partial charge in [-0.2, -0.15) is 0 Å². The smallest absolute Gasteiger partial charge is 0.261 e. The minimum absolute atomic E-state index is 0.0269. The number of carbonyl (C=O) groups excluding carboxylic acids is 2. The van der Waals surface area contributed by atoms with Crippen LogP contribution in [0, 0.1) is 0 Å². The van der Waals surface area contributed by atoms with Gasteiger partial charge in [-0.1, -0.05) is 0 Å². The molecule has 0 aliphatic carbocycles. The molecule has 2 N–H and O–H groups in total. The van der Waals surface area contributed by atoms with Gasteiger partial charge < -0.3 is 10.6 Å². The predicted molar refractivity (Wildman–Crippen MR) is 88.2 cm³/mol. The van der Waals surface area contributed by atoms with Gasteiger partial charge in [0.25, 0.3) is 5.91 Å². The first-order valence-corrected chi connectivity index (χ1v) is 8.86. The zero-order valence-corrected chi connectivity index (χ0v) is 14.9. The number of rotatable bonds is 5. The number of hydrogen-bond acceptors (Lipinski definition) is 4. The van der Waals surface area contributed by atoms with E-state index in [4.69, 9.17) is 0 Å². The lowest BCUT2D eigenvalue weighted by Gasteiger charge is -2.05. The second-order valence-electron chi connectivity index (χ2n) is 3.79. The van der Waals surface area contributed by atoms with E-state index in [9.17, 15) is 9.59 Å². The summed E-state index contributed by atoms with van der Waals surface area (Å²) in [6.07, 6.45) is 0. The van der Waals surface area contributed by atoms with E-state index in [1.165, 1.54) is 11.3 Å². The van der Waals surface area contributed by atoms with Crippen LogP contribution in [0.4, 0.5) is 0 Å². The van der Waals surface area contributed by atoms with Crippen molar-refractivity contribution in [3.63, 3.8) is 0 Å². The van der Waals surface area contributed by atoms with Gasteiger partial charge in [0, 0.05) is 14.7 Å². The van der Waals surface area contributed by atoms with Crippen molar-refractivity contribution in [1.82, 2.24) is 10.6 Å². The zero-order valence-electron chi connectivity index (χ0n) is 10.1. The van der Waals surface area contributed by atoms with Crippen molar-refractivity contribution in [2.45, 2.75) is 6.54 Å². The molecular weight excluding hydrogens is 428 g/mol. The third kappa shape index (κ3) is 4.69. The first kappa shape index (κ1) is 15.7. The summed E-state index contributed by atoms with van der Waals surface area (Å²) >= 11 is 9.54. The van der Waals surface area contributed by atoms with E-state index in [2.05, 4.69) is 42.5 Å². The second kappa shape index (κ2) is 7.35. The van der Waals surface area contributed by atoms with Crippen LogP contribution in [0.1, 0.15) is 14.5 Å². The van der Waals surface area contributed by atoms with Gasteiger partial charge in [-0.05, 0) is 50.1 Å². The van der Waals surface area contributed by atoms with E-state index in [1.54, 1.807) is 23.5 Å². The van der Waals surface area contributed by atoms with Gasteiger partial charge in [0.15, 0.2) is 0 Å². The molecule has 0 radical (unpaired) electrons. The molecule has 0 spiro atoms. The van der Waals surface area contributed by atoms with Crippen LogP contribution in [0.3, 0.4) is 0 Å². The minimum atomic E-state index is -0.241. The number of thiophene rings is 2. The van der Waals surface area contributed by atoms with E-state index in [0.717, 1.165) is 13.1 Å². The molecule has 0 aliphatic rings. The second-order valence-corrected chi connectivity index (χ2v) is 8.17. The topological polar surface area (TPSA) is 58.2 Å². The molecule has 2 aromatic rings. The van der Waals surface area contributed by atoms with Crippen molar-refractivity contribution in [2.75, 3.05) is 6.54 Å². The molecule has 4 nitrogen and oxygen atoms in total. The monoisotopic (exact) mass is 436 g/mol. The molecule has 0 saturated heterocycles. The van der Waals surface area contributed by atoms with Crippen molar-refractivity contribution >= 4 is 66.3 Å². The highest BCUT2D eigenvalue weighted by molar-refractivity contribution is 9.11. The van der Waals surface area contributed by atoms with Crippen molar-refractivity contribution in [2.24, 2.45) is 0 Å². The summed E-state index contributed by atoms with van der Waals surface area (Å²) in [5.41, 5.74) is 0. The molecule has 0 bridgehead atoms. The molecular formula is C12H10Br2N2O2S2. The Morgan fingerprint density at radius 2 is 2.00 bits per heavy atom. The third-order valence-electron chi connectivity index (χ3n) is 2.29. The van der Waals surface area contributed by atoms with Gasteiger partial charge in [0.05, 0.1) is 21.8 Å². The zero-order chi connectivity index (χ0) is 14.5. The van der Waals surface area contributed by atoms with Gasteiger partial charge in [-0.25, -0.2) is 0 Å². The normalized spacial score (nSPS) is 10.3. The lowest BCUT2D eigenvalue weighted by atomic mass is 10.4. The largest absolute Gasteiger partial charge is 0.350 e. The van der Waals surface area contributed by atoms with Crippen LogP contribution in [0.25, 0.3) is 0 Å². The van der Waals surface area contributed by atoms with Gasteiger partial charge in [0.1, 0.15) is 0 Å². The lowest BCUT2D eigenvalue weighted by molar-refractivity contribution is -0.120. The number of hydrogen-bond donors (Lipinski definition) is 2. The Bertz CT molecular complexity index is 625. The predicted octanol–water partition coefficient (Wildman–Crippen LogP) is 3.38. The number of amides is 2. The van der Waals surface area contributed by atoms with Crippen LogP contribution in [0.5, 0.6) is 0 Å². The van der Waals surface area contributed by atoms with E-state index in [1.807, 2.05) is 11.4 Å². The molecule has 2 rings (SSSR count). The molecule has 106 valence electrons. The van der Waals surface area contributed by atoms with E-state index in [0.29, 0.717) is 11.4 Å². The Hall–Kier alpha value is -0.700. The molecule has 0 aliphatic heterocycles. The van der Waals surface area contributed by atoms with Crippen LogP contribution < -0.4 is 10.6 Å². The van der Waals surface area contributed by atoms with Crippen LogP contribution in [0.15, 0.2) is 31.8 Å². The maximum atomic E-state index is 11.7. The molecule has 2 heterocycles. The fourth-order valence-electron chi connectivity index (χ4n) is 1.38. The number of halogens is 2. The fourth-order valence-corrected chi connectivity index (χ4v) is 4.07. The first-order chi connectivity index (χ1) is 9.54. The maximum Gasteiger partial charge on any atom is 0.261 e. The first-order valence-electron chi connectivity index (χ1n) is 5.58. The lowest BCUT2D eigenvalue weighted by Crippen LogP contribution is -2.36. The average molecular weight is 438 g/mol. The highest BCUT2D eigenvalue weighted by Gasteiger charge is 2.10. The summed E-state index contributed by atoms with van der Waals surface area (Å²) < 4.78 is 1.89. The van der Waals surface area contributed by atoms with Crippen LogP contribution >= 0.6 is 54.5 Å². The van der Waals surface area contributed by atoms with Crippen molar-refractivity contribution in [3.05, 3.63) is 41.6 Å². The molecule has 2 aromatic heterocycles. The Morgan fingerprint density at radius 1 is 1.20 bits per heavy atom. The summed E-state index contributed by atoms with van der Waals surface area (Å²) in [7, 11) is 0. The van der Waals surface area contributed by atoms with Crippen LogP contribution in [-0.2, 0) is 11.3 Å². The highest BCUT2D eigenvalue weighted by atomic mass is 79.9. The van der Waals surface area contributed by atoms with E-state index in [-0.39, 0.29) is 18.4 Å². The summed E-state index contributed by atoms with van der Waals surface area (Å²) in [5, 5.41) is 7.30. The SMILES string of the molecule is O=C(CNC(=O)c1ccc(Br)s1)NCc1cc(Br)cs1. The average Bonchev–Trinajstić information content (AvgIpc) is 3.02. The number of carbonyl (C=O) groups is 2. The molecule has 0 saturated carbocycles. The number of nitrogens with one attached hydrogen (secondary N) is 2. The van der Waals surface area contributed by atoms with Gasteiger partial charge in [-0.3, -0.25) is 9.59 Å². The van der Waals surface area contributed by atoms with Crippen molar-refractivity contribution < 1.29 is 9.59 Å². The summed E-state index contributed by atoms with van der Waals surface area (Å²) in [5.74, 6) is -0.451. The minimum Gasteiger partial charge on any atom is -0.350 e. The van der Waals surface area contributed by atoms with E-state index < -0.39 is 0 Å². The highest BCUT2D eigenvalue weighted by Crippen LogP contribution is 2.21. The van der Waals surface area contributed by atoms with Crippen molar-refractivity contribution in [3.8, 4) is 0 Å². The van der Waals surface area contributed by atoms with Gasteiger partial charge in [0.2, 0.25) is 5.91 Å². The molecule has 0 unspecified atom stereocenters. The van der Waals surface area contributed by atoms with Gasteiger partial charge in [-0.15, -0.1) is 22.7 Å². The third-order valence-corrected chi connectivity index (χ3v) is 5.61. The van der Waals surface area contributed by atoms with Crippen molar-refractivity contribution in [1.29, 1.82) is 0 Å². The fraction of sp³-hybridized carbons (Fsp3) is 0.167. The maximum absolute atomic E-state index is 11.7. The van der Waals surface area contributed by atoms with Crippen LogP contribution in [0.2, 0.25) is 0 Å². The summed E-state index contributed by atoms with van der Waals surface area (Å²) in [6.45, 7) is 0.441.